The van der Waals surface area contributed by atoms with Crippen molar-refractivity contribution in [1.82, 2.24) is 4.98 Å². The summed E-state index contributed by atoms with van der Waals surface area (Å²) in [6.45, 7) is -0.434. The molecule has 1 aromatic rings. The molecule has 0 bridgehead atoms. The molecule has 1 aromatic heterocycles. The highest BCUT2D eigenvalue weighted by Crippen LogP contribution is 2.30. The molecule has 1 heterocycles. The molecule has 0 atom stereocenters. The Kier molecular flexibility index (Phi) is 3.42. The summed E-state index contributed by atoms with van der Waals surface area (Å²) in [5, 5.41) is 8.74. The quantitative estimate of drug-likeness (QED) is 0.729. The van der Waals surface area contributed by atoms with Gasteiger partial charge in [-0.05, 0) is 6.07 Å². The second-order valence-electron chi connectivity index (χ2n) is 2.93. The van der Waals surface area contributed by atoms with Gasteiger partial charge in [0, 0.05) is 6.54 Å². The summed E-state index contributed by atoms with van der Waals surface area (Å²) in [6.07, 6.45) is -5.04. The highest BCUT2D eigenvalue weighted by molar-refractivity contribution is 5.92. The number of hydrogen-bond acceptors (Lipinski definition) is 5. The van der Waals surface area contributed by atoms with Crippen LogP contribution in [-0.2, 0) is 6.54 Å². The first kappa shape index (κ1) is 13.0. The predicted octanol–water partition coefficient (Wildman–Crippen LogP) is 0.719. The van der Waals surface area contributed by atoms with Crippen molar-refractivity contribution in [3.63, 3.8) is 0 Å². The van der Waals surface area contributed by atoms with Gasteiger partial charge in [0.15, 0.2) is 5.75 Å². The maximum atomic E-state index is 12.1. The molecule has 0 spiro atoms. The first-order valence-corrected chi connectivity index (χ1v) is 4.23. The Morgan fingerprint density at radius 3 is 2.53 bits per heavy atom. The second kappa shape index (κ2) is 4.45. The lowest BCUT2D eigenvalue weighted by Gasteiger charge is -2.14. The fraction of sp³-hybridized carbons (Fsp3) is 0.250. The third kappa shape index (κ3) is 3.21. The van der Waals surface area contributed by atoms with Gasteiger partial charge in [0.25, 0.3) is 0 Å². The molecule has 0 aliphatic rings. The van der Waals surface area contributed by atoms with Crippen LogP contribution in [0.3, 0.4) is 0 Å². The van der Waals surface area contributed by atoms with E-state index in [4.69, 9.17) is 16.6 Å². The number of nitrogen functional groups attached to an aromatic ring is 1. The number of nitrogens with zero attached hydrogens (tertiary/aromatic N) is 1. The molecule has 0 saturated heterocycles. The van der Waals surface area contributed by atoms with E-state index in [2.05, 4.69) is 9.72 Å². The van der Waals surface area contributed by atoms with Crippen molar-refractivity contribution in [2.45, 2.75) is 12.9 Å². The van der Waals surface area contributed by atoms with E-state index in [9.17, 15) is 18.0 Å². The van der Waals surface area contributed by atoms with E-state index in [0.717, 1.165) is 6.07 Å². The van der Waals surface area contributed by atoms with E-state index in [1.54, 1.807) is 0 Å². The number of carboxylic acid groups (broad SMARTS) is 1. The Morgan fingerprint density at radius 1 is 1.53 bits per heavy atom. The van der Waals surface area contributed by atoms with Crippen LogP contribution in [0.15, 0.2) is 6.07 Å². The van der Waals surface area contributed by atoms with Gasteiger partial charge in [-0.3, -0.25) is 0 Å². The normalized spacial score (nSPS) is 11.3. The van der Waals surface area contributed by atoms with Crippen LogP contribution < -0.4 is 16.2 Å². The van der Waals surface area contributed by atoms with Gasteiger partial charge in [0.1, 0.15) is 11.4 Å². The third-order valence-electron chi connectivity index (χ3n) is 1.70. The van der Waals surface area contributed by atoms with Crippen molar-refractivity contribution in [3.8, 4) is 5.75 Å². The fourth-order valence-corrected chi connectivity index (χ4v) is 1.13. The number of carbonyl (C=O) groups is 1. The van der Waals surface area contributed by atoms with Crippen molar-refractivity contribution >= 4 is 11.8 Å². The summed E-state index contributed by atoms with van der Waals surface area (Å²) in [6, 6.07) is 0.766. The molecule has 0 aromatic carbocycles. The number of pyridine rings is 1. The lowest BCUT2D eigenvalue weighted by Crippen LogP contribution is -2.22. The standard InChI is InChI=1S/C8H8F3N3O3/c9-8(10,11)17-6-3(7(15)16)1-5(13)14-4(6)2-12/h1H,2,12H2,(H2,13,14)(H,15,16). The van der Waals surface area contributed by atoms with Gasteiger partial charge in [-0.25, -0.2) is 9.78 Å². The third-order valence-corrected chi connectivity index (χ3v) is 1.70. The highest BCUT2D eigenvalue weighted by atomic mass is 19.4. The van der Waals surface area contributed by atoms with Crippen LogP contribution in [0, 0.1) is 0 Å². The molecule has 6 nitrogen and oxygen atoms in total. The Balaban J connectivity index is 3.37. The van der Waals surface area contributed by atoms with Gasteiger partial charge in [0.2, 0.25) is 0 Å². The second-order valence-corrected chi connectivity index (χ2v) is 2.93. The van der Waals surface area contributed by atoms with Crippen molar-refractivity contribution in [1.29, 1.82) is 0 Å². The number of halogens is 3. The molecule has 0 unspecified atom stereocenters. The lowest BCUT2D eigenvalue weighted by atomic mass is 10.2. The van der Waals surface area contributed by atoms with Gasteiger partial charge in [0.05, 0.1) is 5.69 Å². The number of rotatable bonds is 3. The molecule has 1 rings (SSSR count). The maximum Gasteiger partial charge on any atom is 0.573 e. The van der Waals surface area contributed by atoms with E-state index < -0.39 is 30.2 Å². The zero-order chi connectivity index (χ0) is 13.2. The summed E-state index contributed by atoms with van der Waals surface area (Å²) in [7, 11) is 0. The molecule has 0 aliphatic carbocycles. The molecule has 5 N–H and O–H groups in total. The summed E-state index contributed by atoms with van der Waals surface area (Å²) < 4.78 is 39.9. The predicted molar refractivity (Wildman–Crippen MR) is 50.2 cm³/mol. The first-order chi connectivity index (χ1) is 7.74. The lowest BCUT2D eigenvalue weighted by molar-refractivity contribution is -0.275. The number of aromatic nitrogens is 1. The van der Waals surface area contributed by atoms with Crippen molar-refractivity contribution in [2.75, 3.05) is 5.73 Å². The summed E-state index contributed by atoms with van der Waals surface area (Å²) in [4.78, 5) is 14.2. The molecule has 0 aliphatic heterocycles. The molecule has 17 heavy (non-hydrogen) atoms. The smallest absolute Gasteiger partial charge is 0.478 e. The average Bonchev–Trinajstić information content (AvgIpc) is 2.17. The van der Waals surface area contributed by atoms with Crippen LogP contribution in [0.2, 0.25) is 0 Å². The van der Waals surface area contributed by atoms with Gasteiger partial charge < -0.3 is 21.3 Å². The Hall–Kier alpha value is -2.03. The van der Waals surface area contributed by atoms with Crippen LogP contribution in [0.5, 0.6) is 5.75 Å². The zero-order valence-electron chi connectivity index (χ0n) is 8.28. The molecule has 0 amide bonds. The molecule has 0 radical (unpaired) electrons. The van der Waals surface area contributed by atoms with E-state index in [-0.39, 0.29) is 11.5 Å². The number of anilines is 1. The van der Waals surface area contributed by atoms with Crippen LogP contribution in [0.25, 0.3) is 0 Å². The van der Waals surface area contributed by atoms with Gasteiger partial charge in [-0.15, -0.1) is 13.2 Å². The Labute approximate surface area is 93.0 Å². The number of ether oxygens (including phenoxy) is 1. The van der Waals surface area contributed by atoms with Crippen LogP contribution in [0.1, 0.15) is 16.1 Å². The molecular formula is C8H8F3N3O3. The summed E-state index contributed by atoms with van der Waals surface area (Å²) >= 11 is 0. The molecule has 0 saturated carbocycles. The van der Waals surface area contributed by atoms with E-state index in [0.29, 0.717) is 0 Å². The van der Waals surface area contributed by atoms with Crippen molar-refractivity contribution in [3.05, 3.63) is 17.3 Å². The van der Waals surface area contributed by atoms with Gasteiger partial charge in [-0.1, -0.05) is 0 Å². The Bertz CT molecular complexity index is 448. The molecular weight excluding hydrogens is 243 g/mol. The van der Waals surface area contributed by atoms with Gasteiger partial charge >= 0.3 is 12.3 Å². The van der Waals surface area contributed by atoms with E-state index in [1.807, 2.05) is 0 Å². The fourth-order valence-electron chi connectivity index (χ4n) is 1.13. The maximum absolute atomic E-state index is 12.1. The minimum Gasteiger partial charge on any atom is -0.478 e. The van der Waals surface area contributed by atoms with Gasteiger partial charge in [-0.2, -0.15) is 0 Å². The number of hydrogen-bond donors (Lipinski definition) is 3. The number of aromatic carboxylic acids is 1. The average molecular weight is 251 g/mol. The van der Waals surface area contributed by atoms with Crippen LogP contribution >= 0.6 is 0 Å². The largest absolute Gasteiger partial charge is 0.573 e. The monoisotopic (exact) mass is 251 g/mol. The zero-order valence-corrected chi connectivity index (χ0v) is 8.28. The molecule has 0 fully saturated rings. The number of carboxylic acids is 1. The van der Waals surface area contributed by atoms with Crippen molar-refractivity contribution in [2.24, 2.45) is 5.73 Å². The Morgan fingerprint density at radius 2 is 2.12 bits per heavy atom. The highest BCUT2D eigenvalue weighted by Gasteiger charge is 2.34. The minimum absolute atomic E-state index is 0.252. The SMILES string of the molecule is NCc1nc(N)cc(C(=O)O)c1OC(F)(F)F. The van der Waals surface area contributed by atoms with Crippen LogP contribution in [0.4, 0.5) is 19.0 Å². The number of nitrogens with two attached hydrogens (primary N) is 2. The van der Waals surface area contributed by atoms with Crippen molar-refractivity contribution < 1.29 is 27.8 Å². The topological polar surface area (TPSA) is 111 Å². The van der Waals surface area contributed by atoms with E-state index in [1.165, 1.54) is 0 Å². The summed E-state index contributed by atoms with van der Waals surface area (Å²) in [5.74, 6) is -2.81. The van der Waals surface area contributed by atoms with Crippen LogP contribution in [-0.4, -0.2) is 22.4 Å². The molecule has 9 heteroatoms. The minimum atomic E-state index is -5.04. The summed E-state index contributed by atoms with van der Waals surface area (Å²) in [5.41, 5.74) is 9.27. The number of alkyl halides is 3. The van der Waals surface area contributed by atoms with E-state index >= 15 is 0 Å². The molecule has 94 valence electrons. The first-order valence-electron chi connectivity index (χ1n) is 4.23.